The molecule has 1 saturated heterocycles. The Labute approximate surface area is 157 Å². The summed E-state index contributed by atoms with van der Waals surface area (Å²) in [7, 11) is 0. The van der Waals surface area contributed by atoms with Gasteiger partial charge in [-0.2, -0.15) is 0 Å². The molecule has 2 heteroatoms. The van der Waals surface area contributed by atoms with Gasteiger partial charge in [-0.3, -0.25) is 4.90 Å². The first-order valence-corrected chi connectivity index (χ1v) is 9.49. The minimum Gasteiger partial charge on any atom is -0.490 e. The quantitative estimate of drug-likeness (QED) is 0.504. The third kappa shape index (κ3) is 4.86. The summed E-state index contributed by atoms with van der Waals surface area (Å²) in [5.74, 6) is 0.944. The molecule has 1 heterocycles. The predicted molar refractivity (Wildman–Crippen MR) is 110 cm³/mol. The molecule has 2 aromatic rings. The molecule has 0 aliphatic carbocycles. The molecule has 0 saturated carbocycles. The van der Waals surface area contributed by atoms with Gasteiger partial charge >= 0.3 is 0 Å². The van der Waals surface area contributed by atoms with Crippen LogP contribution in [-0.4, -0.2) is 24.1 Å². The predicted octanol–water partition coefficient (Wildman–Crippen LogP) is 5.51. The molecule has 0 N–H and O–H groups in total. The minimum absolute atomic E-state index is 0.272. The maximum absolute atomic E-state index is 6.40. The topological polar surface area (TPSA) is 12.5 Å². The van der Waals surface area contributed by atoms with E-state index in [0.717, 1.165) is 38.2 Å². The van der Waals surface area contributed by atoms with Gasteiger partial charge in [0.1, 0.15) is 11.9 Å². The van der Waals surface area contributed by atoms with E-state index in [-0.39, 0.29) is 6.10 Å². The van der Waals surface area contributed by atoms with Crippen molar-refractivity contribution < 1.29 is 4.74 Å². The van der Waals surface area contributed by atoms with Crippen LogP contribution in [0.15, 0.2) is 67.3 Å². The summed E-state index contributed by atoms with van der Waals surface area (Å²) in [6, 6.07) is 17.2. The minimum atomic E-state index is 0.272. The van der Waals surface area contributed by atoms with E-state index in [0.29, 0.717) is 0 Å². The molecule has 0 spiro atoms. The number of hydrogen-bond donors (Lipinski definition) is 0. The van der Waals surface area contributed by atoms with E-state index in [1.54, 1.807) is 0 Å². The lowest BCUT2D eigenvalue weighted by Gasteiger charge is -2.33. The van der Waals surface area contributed by atoms with Gasteiger partial charge in [0.2, 0.25) is 0 Å². The fourth-order valence-electron chi connectivity index (χ4n) is 3.60. The molecule has 2 nitrogen and oxygen atoms in total. The number of allylic oxidation sites excluding steroid dienone is 2. The van der Waals surface area contributed by atoms with Crippen molar-refractivity contribution in [2.75, 3.05) is 13.1 Å². The van der Waals surface area contributed by atoms with Gasteiger partial charge in [-0.15, -0.1) is 0 Å². The van der Waals surface area contributed by atoms with Gasteiger partial charge in [-0.25, -0.2) is 0 Å². The molecule has 0 unspecified atom stereocenters. The summed E-state index contributed by atoms with van der Waals surface area (Å²) in [6.07, 6.45) is 6.21. The Bertz CT molecular complexity index is 755. The second-order valence-electron chi connectivity index (χ2n) is 7.16. The lowest BCUT2D eigenvalue weighted by atomic mass is 10.0. The molecule has 0 bridgehead atoms. The Hall–Kier alpha value is -2.32. The highest BCUT2D eigenvalue weighted by Crippen LogP contribution is 2.26. The third-order valence-electron chi connectivity index (χ3n) is 4.99. The van der Waals surface area contributed by atoms with Gasteiger partial charge in [0.25, 0.3) is 0 Å². The van der Waals surface area contributed by atoms with E-state index in [1.807, 2.05) is 12.2 Å². The third-order valence-corrected chi connectivity index (χ3v) is 4.99. The van der Waals surface area contributed by atoms with Crippen LogP contribution in [-0.2, 0) is 11.3 Å². The van der Waals surface area contributed by atoms with Crippen molar-refractivity contribution in [3.05, 3.63) is 89.5 Å². The van der Waals surface area contributed by atoms with Crippen LogP contribution in [0.5, 0.6) is 0 Å². The normalized spacial score (nSPS) is 16.5. The molecular formula is C24H29NO. The fraction of sp³-hybridized carbons (Fsp3) is 0.333. The second kappa shape index (κ2) is 8.86. The zero-order valence-corrected chi connectivity index (χ0v) is 15.9. The van der Waals surface area contributed by atoms with E-state index in [9.17, 15) is 0 Å². The summed E-state index contributed by atoms with van der Waals surface area (Å²) in [4.78, 5) is 2.52. The van der Waals surface area contributed by atoms with Crippen LogP contribution >= 0.6 is 0 Å². The molecule has 0 aromatic heterocycles. The van der Waals surface area contributed by atoms with E-state index < -0.39 is 0 Å². The molecule has 0 atom stereocenters. The van der Waals surface area contributed by atoms with Crippen LogP contribution in [0.3, 0.4) is 0 Å². The van der Waals surface area contributed by atoms with E-state index in [1.165, 1.54) is 22.3 Å². The van der Waals surface area contributed by atoms with Crippen LogP contribution < -0.4 is 0 Å². The first kappa shape index (κ1) is 18.5. The van der Waals surface area contributed by atoms with Crippen molar-refractivity contribution in [2.24, 2.45) is 0 Å². The monoisotopic (exact) mass is 347 g/mol. The molecule has 2 aromatic carbocycles. The number of rotatable bonds is 6. The van der Waals surface area contributed by atoms with Crippen molar-refractivity contribution in [3.63, 3.8) is 0 Å². The summed E-state index contributed by atoms with van der Waals surface area (Å²) in [6.45, 7) is 11.3. The summed E-state index contributed by atoms with van der Waals surface area (Å²) in [5.41, 5.74) is 5.08. The largest absolute Gasteiger partial charge is 0.490 e. The van der Waals surface area contributed by atoms with Crippen molar-refractivity contribution in [3.8, 4) is 0 Å². The fourth-order valence-corrected chi connectivity index (χ4v) is 3.60. The maximum atomic E-state index is 6.40. The van der Waals surface area contributed by atoms with Gasteiger partial charge in [0.05, 0.1) is 0 Å². The zero-order valence-electron chi connectivity index (χ0n) is 15.9. The number of ether oxygens (including phenoxy) is 1. The zero-order chi connectivity index (χ0) is 18.4. The van der Waals surface area contributed by atoms with E-state index in [4.69, 9.17) is 4.74 Å². The van der Waals surface area contributed by atoms with Crippen molar-refractivity contribution in [1.29, 1.82) is 0 Å². The molecule has 1 fully saturated rings. The molecule has 26 heavy (non-hydrogen) atoms. The number of likely N-dealkylation sites (tertiary alicyclic amines) is 1. The Kier molecular flexibility index (Phi) is 6.30. The Morgan fingerprint density at radius 2 is 1.85 bits per heavy atom. The first-order valence-electron chi connectivity index (χ1n) is 9.49. The summed E-state index contributed by atoms with van der Waals surface area (Å²) in [5, 5.41) is 0. The number of nitrogens with zero attached hydrogens (tertiary/aromatic N) is 1. The highest BCUT2D eigenvalue weighted by molar-refractivity contribution is 5.64. The summed E-state index contributed by atoms with van der Waals surface area (Å²) >= 11 is 0. The average molecular weight is 348 g/mol. The molecule has 0 amide bonds. The van der Waals surface area contributed by atoms with Gasteiger partial charge in [-0.1, -0.05) is 66.7 Å². The molecule has 1 aliphatic heterocycles. The maximum Gasteiger partial charge on any atom is 0.127 e. The standard InChI is InChI=1S/C24H29NO/c1-4-8-24(23-12-11-19(2)17-20(23)3)26-22-13-15-25(16-14-22)18-21-9-6-5-7-10-21/h4-12,17,22H,1,13-16,18H2,2-3H3/b24-8+. The second-order valence-corrected chi connectivity index (χ2v) is 7.16. The van der Waals surface area contributed by atoms with Crippen LogP contribution in [0.4, 0.5) is 0 Å². The number of piperidine rings is 1. The van der Waals surface area contributed by atoms with Gasteiger partial charge in [-0.05, 0) is 43.9 Å². The Morgan fingerprint density at radius 3 is 2.50 bits per heavy atom. The van der Waals surface area contributed by atoms with Crippen LogP contribution in [0.2, 0.25) is 0 Å². The van der Waals surface area contributed by atoms with Gasteiger partial charge in [0, 0.05) is 25.2 Å². The molecular weight excluding hydrogens is 318 g/mol. The van der Waals surface area contributed by atoms with E-state index >= 15 is 0 Å². The highest BCUT2D eigenvalue weighted by Gasteiger charge is 2.22. The van der Waals surface area contributed by atoms with Crippen LogP contribution in [0.25, 0.3) is 5.76 Å². The van der Waals surface area contributed by atoms with Gasteiger partial charge in [0.15, 0.2) is 0 Å². The number of benzene rings is 2. The SMILES string of the molecule is C=C/C=C(/OC1CCN(Cc2ccccc2)CC1)c1ccc(C)cc1C. The van der Waals surface area contributed by atoms with Crippen LogP contribution in [0, 0.1) is 13.8 Å². The lowest BCUT2D eigenvalue weighted by molar-refractivity contribution is 0.0771. The average Bonchev–Trinajstić information content (AvgIpc) is 2.64. The Morgan fingerprint density at radius 1 is 1.12 bits per heavy atom. The lowest BCUT2D eigenvalue weighted by Crippen LogP contribution is -2.36. The smallest absolute Gasteiger partial charge is 0.127 e. The summed E-state index contributed by atoms with van der Waals surface area (Å²) < 4.78 is 6.40. The number of aryl methyl sites for hydroxylation is 2. The van der Waals surface area contributed by atoms with Crippen molar-refractivity contribution in [2.45, 2.75) is 39.3 Å². The first-order chi connectivity index (χ1) is 12.7. The van der Waals surface area contributed by atoms with Gasteiger partial charge < -0.3 is 4.74 Å². The van der Waals surface area contributed by atoms with Crippen molar-refractivity contribution >= 4 is 5.76 Å². The molecule has 0 radical (unpaired) electrons. The Balaban J connectivity index is 1.60. The highest BCUT2D eigenvalue weighted by atomic mass is 16.5. The molecule has 136 valence electrons. The van der Waals surface area contributed by atoms with E-state index in [2.05, 4.69) is 73.9 Å². The molecule has 3 rings (SSSR count). The van der Waals surface area contributed by atoms with Crippen molar-refractivity contribution in [1.82, 2.24) is 4.90 Å². The molecule has 1 aliphatic rings. The number of hydrogen-bond acceptors (Lipinski definition) is 2. The van der Waals surface area contributed by atoms with Crippen LogP contribution in [0.1, 0.15) is 35.1 Å².